The minimum absolute atomic E-state index is 0.160. The van der Waals surface area contributed by atoms with E-state index in [9.17, 15) is 9.59 Å². The van der Waals surface area contributed by atoms with Crippen LogP contribution >= 0.6 is 11.3 Å². The maximum Gasteiger partial charge on any atom is 0.345 e. The first-order chi connectivity index (χ1) is 14.1. The van der Waals surface area contributed by atoms with Gasteiger partial charge in [-0.3, -0.25) is 4.79 Å². The number of benzene rings is 1. The van der Waals surface area contributed by atoms with Gasteiger partial charge in [-0.05, 0) is 61.6 Å². The molecule has 1 fully saturated rings. The highest BCUT2D eigenvalue weighted by atomic mass is 32.1. The van der Waals surface area contributed by atoms with Crippen molar-refractivity contribution in [3.63, 3.8) is 0 Å². The fraction of sp³-hybridized carbons (Fsp3) is 0.417. The number of amides is 1. The van der Waals surface area contributed by atoms with E-state index in [1.165, 1.54) is 42.6 Å². The summed E-state index contributed by atoms with van der Waals surface area (Å²) in [6.07, 6.45) is 12.3. The van der Waals surface area contributed by atoms with E-state index in [1.807, 2.05) is 17.0 Å². The Kier molecular flexibility index (Phi) is 7.64. The maximum atomic E-state index is 12.5. The van der Waals surface area contributed by atoms with Gasteiger partial charge in [0.1, 0.15) is 4.88 Å². The van der Waals surface area contributed by atoms with E-state index in [4.69, 9.17) is 5.11 Å². The SMILES string of the molecule is CCCCCCc1ccc(N2C(=O)CC[C@@H]2C/C=C/c2ccc(C(=O)O)s2)cc1. The van der Waals surface area contributed by atoms with Crippen LogP contribution in [0.1, 0.15) is 72.0 Å². The number of carboxylic acids is 1. The first kappa shape index (κ1) is 21.3. The monoisotopic (exact) mass is 411 g/mol. The Balaban J connectivity index is 1.59. The number of aryl methyl sites for hydroxylation is 1. The van der Waals surface area contributed by atoms with Gasteiger partial charge in [0.05, 0.1) is 0 Å². The number of unbranched alkanes of at least 4 members (excludes halogenated alkanes) is 3. The van der Waals surface area contributed by atoms with Crippen LogP contribution in [0.15, 0.2) is 42.5 Å². The molecule has 0 aliphatic carbocycles. The topological polar surface area (TPSA) is 57.6 Å². The van der Waals surface area contributed by atoms with E-state index in [1.54, 1.807) is 6.07 Å². The summed E-state index contributed by atoms with van der Waals surface area (Å²) >= 11 is 1.27. The van der Waals surface area contributed by atoms with Gasteiger partial charge in [-0.15, -0.1) is 11.3 Å². The van der Waals surface area contributed by atoms with Crippen molar-refractivity contribution < 1.29 is 14.7 Å². The average molecular weight is 412 g/mol. The molecule has 1 aromatic carbocycles. The summed E-state index contributed by atoms with van der Waals surface area (Å²) < 4.78 is 0. The zero-order valence-electron chi connectivity index (χ0n) is 17.0. The number of aromatic carboxylic acids is 1. The van der Waals surface area contributed by atoms with Gasteiger partial charge in [-0.2, -0.15) is 0 Å². The molecule has 1 saturated heterocycles. The van der Waals surface area contributed by atoms with E-state index in [-0.39, 0.29) is 11.9 Å². The third-order valence-electron chi connectivity index (χ3n) is 5.39. The molecule has 1 N–H and O–H groups in total. The molecule has 0 bridgehead atoms. The molecule has 1 aromatic heterocycles. The zero-order valence-corrected chi connectivity index (χ0v) is 17.8. The number of carbonyl (C=O) groups excluding carboxylic acids is 1. The molecule has 0 saturated carbocycles. The molecule has 2 aromatic rings. The van der Waals surface area contributed by atoms with Crippen LogP contribution < -0.4 is 4.90 Å². The van der Waals surface area contributed by atoms with Crippen LogP contribution in [0, 0.1) is 0 Å². The Morgan fingerprint density at radius 2 is 1.97 bits per heavy atom. The van der Waals surface area contributed by atoms with Gasteiger partial charge in [-0.1, -0.05) is 44.4 Å². The Bertz CT molecular complexity index is 853. The number of carbonyl (C=O) groups is 2. The van der Waals surface area contributed by atoms with Crippen LogP contribution in [-0.4, -0.2) is 23.0 Å². The zero-order chi connectivity index (χ0) is 20.6. The van der Waals surface area contributed by atoms with Gasteiger partial charge < -0.3 is 10.0 Å². The first-order valence-corrected chi connectivity index (χ1v) is 11.3. The fourth-order valence-corrected chi connectivity index (χ4v) is 4.58. The Labute approximate surface area is 176 Å². The first-order valence-electron chi connectivity index (χ1n) is 10.5. The van der Waals surface area contributed by atoms with Crippen molar-refractivity contribution in [3.05, 3.63) is 57.8 Å². The minimum atomic E-state index is -0.893. The molecule has 1 atom stereocenters. The second-order valence-corrected chi connectivity index (χ2v) is 8.69. The van der Waals surface area contributed by atoms with Crippen molar-refractivity contribution in [2.24, 2.45) is 0 Å². The number of thiophene rings is 1. The molecule has 2 heterocycles. The third-order valence-corrected chi connectivity index (χ3v) is 6.43. The molecule has 4 nitrogen and oxygen atoms in total. The summed E-state index contributed by atoms with van der Waals surface area (Å²) in [5.74, 6) is -0.709. The van der Waals surface area contributed by atoms with Crippen LogP contribution in [0.3, 0.4) is 0 Å². The van der Waals surface area contributed by atoms with Crippen LogP contribution in [0.4, 0.5) is 5.69 Å². The van der Waals surface area contributed by atoms with Crippen LogP contribution in [0.2, 0.25) is 0 Å². The molecule has 29 heavy (non-hydrogen) atoms. The molecule has 3 rings (SSSR count). The van der Waals surface area contributed by atoms with Gasteiger partial charge in [0.2, 0.25) is 5.91 Å². The molecule has 0 radical (unpaired) electrons. The number of hydrogen-bond acceptors (Lipinski definition) is 3. The molecule has 1 amide bonds. The molecular weight excluding hydrogens is 382 g/mol. The number of nitrogens with zero attached hydrogens (tertiary/aromatic N) is 1. The molecule has 5 heteroatoms. The summed E-state index contributed by atoms with van der Waals surface area (Å²) in [4.78, 5) is 26.7. The minimum Gasteiger partial charge on any atom is -0.477 e. The van der Waals surface area contributed by atoms with Crippen molar-refractivity contribution in [1.29, 1.82) is 0 Å². The van der Waals surface area contributed by atoms with Crippen LogP contribution in [0.5, 0.6) is 0 Å². The van der Waals surface area contributed by atoms with Crippen LogP contribution in [-0.2, 0) is 11.2 Å². The lowest BCUT2D eigenvalue weighted by Crippen LogP contribution is -2.32. The summed E-state index contributed by atoms with van der Waals surface area (Å²) in [5, 5.41) is 9.02. The summed E-state index contributed by atoms with van der Waals surface area (Å²) in [6.45, 7) is 2.22. The van der Waals surface area contributed by atoms with Crippen molar-refractivity contribution in [3.8, 4) is 0 Å². The van der Waals surface area contributed by atoms with Gasteiger partial charge in [-0.25, -0.2) is 4.79 Å². The molecule has 0 unspecified atom stereocenters. The highest BCUT2D eigenvalue weighted by molar-refractivity contribution is 7.14. The quantitative estimate of drug-likeness (QED) is 0.476. The predicted molar refractivity (Wildman–Crippen MR) is 120 cm³/mol. The highest BCUT2D eigenvalue weighted by Crippen LogP contribution is 2.29. The van der Waals surface area contributed by atoms with E-state index < -0.39 is 5.97 Å². The standard InChI is InChI=1S/C24H29NO3S/c1-2-3-4-5-7-18-10-12-20(13-11-18)25-19(14-17-23(25)26)8-6-9-21-15-16-22(29-21)24(27)28/h6,9-13,15-16,19H,2-5,7-8,14,17H2,1H3,(H,27,28)/b9-6+/t19-/m0/s1. The van der Waals surface area contributed by atoms with E-state index in [2.05, 4.69) is 37.3 Å². The molecule has 154 valence electrons. The summed E-state index contributed by atoms with van der Waals surface area (Å²) in [7, 11) is 0. The predicted octanol–water partition coefficient (Wildman–Crippen LogP) is 6.17. The van der Waals surface area contributed by atoms with Crippen molar-refractivity contribution in [1.82, 2.24) is 0 Å². The lowest BCUT2D eigenvalue weighted by atomic mass is 10.1. The average Bonchev–Trinajstić information content (AvgIpc) is 3.33. The Hall–Kier alpha value is -2.40. The number of rotatable bonds is 10. The molecule has 1 aliphatic rings. The number of hydrogen-bond donors (Lipinski definition) is 1. The lowest BCUT2D eigenvalue weighted by molar-refractivity contribution is -0.117. The molecule has 1 aliphatic heterocycles. The van der Waals surface area contributed by atoms with Crippen molar-refractivity contribution in [2.75, 3.05) is 4.90 Å². The molecular formula is C24H29NO3S. The van der Waals surface area contributed by atoms with Gasteiger partial charge >= 0.3 is 5.97 Å². The largest absolute Gasteiger partial charge is 0.477 e. The normalized spacial score (nSPS) is 16.8. The Morgan fingerprint density at radius 1 is 1.17 bits per heavy atom. The second kappa shape index (κ2) is 10.4. The molecule has 0 spiro atoms. The van der Waals surface area contributed by atoms with E-state index >= 15 is 0 Å². The number of carboxylic acid groups (broad SMARTS) is 1. The maximum absolute atomic E-state index is 12.5. The van der Waals surface area contributed by atoms with Crippen molar-refractivity contribution >= 4 is 35.0 Å². The van der Waals surface area contributed by atoms with Crippen LogP contribution in [0.25, 0.3) is 6.08 Å². The highest BCUT2D eigenvalue weighted by Gasteiger charge is 2.31. The lowest BCUT2D eigenvalue weighted by Gasteiger charge is -2.24. The third kappa shape index (κ3) is 5.80. The fourth-order valence-electron chi connectivity index (χ4n) is 3.80. The summed E-state index contributed by atoms with van der Waals surface area (Å²) in [5.41, 5.74) is 2.31. The van der Waals surface area contributed by atoms with Gasteiger partial charge in [0, 0.05) is 23.0 Å². The second-order valence-electron chi connectivity index (χ2n) is 7.58. The van der Waals surface area contributed by atoms with Crippen molar-refractivity contribution in [2.45, 2.75) is 64.3 Å². The van der Waals surface area contributed by atoms with E-state index in [0.717, 1.165) is 29.8 Å². The van der Waals surface area contributed by atoms with E-state index in [0.29, 0.717) is 11.3 Å². The smallest absolute Gasteiger partial charge is 0.345 e. The number of anilines is 1. The Morgan fingerprint density at radius 3 is 2.66 bits per heavy atom. The summed E-state index contributed by atoms with van der Waals surface area (Å²) in [6, 6.07) is 12.1. The van der Waals surface area contributed by atoms with Gasteiger partial charge in [0.15, 0.2) is 0 Å². The van der Waals surface area contributed by atoms with Gasteiger partial charge in [0.25, 0.3) is 0 Å².